The van der Waals surface area contributed by atoms with E-state index in [9.17, 15) is 0 Å². The fraction of sp³-hybridized carbons (Fsp3) is 0.400. The van der Waals surface area contributed by atoms with Gasteiger partial charge in [0.15, 0.2) is 0 Å². The van der Waals surface area contributed by atoms with Gasteiger partial charge >= 0.3 is 0 Å². The molecule has 0 spiro atoms. The Hall–Kier alpha value is -1.61. The second-order valence-corrected chi connectivity index (χ2v) is 5.68. The summed E-state index contributed by atoms with van der Waals surface area (Å²) in [5.41, 5.74) is 10.5. The van der Waals surface area contributed by atoms with Crippen LogP contribution in [0.25, 0.3) is 11.3 Å². The molecule has 2 N–H and O–H groups in total. The molecule has 1 heterocycles. The molecule has 3 nitrogen and oxygen atoms in total. The molecule has 0 aliphatic carbocycles. The standard InChI is InChI=1S/C15H21N3/c1-15(2,3)12-7-5-11(6-8-12)14-13(9-16)17-10-18(14)4/h5-8,10H,9,16H2,1-4H3. The van der Waals surface area contributed by atoms with Crippen LogP contribution in [0.4, 0.5) is 0 Å². The Bertz CT molecular complexity index is 530. The van der Waals surface area contributed by atoms with Crippen molar-refractivity contribution < 1.29 is 0 Å². The topological polar surface area (TPSA) is 43.8 Å². The number of nitrogens with two attached hydrogens (primary N) is 1. The summed E-state index contributed by atoms with van der Waals surface area (Å²) in [4.78, 5) is 4.32. The van der Waals surface area contributed by atoms with E-state index >= 15 is 0 Å². The Morgan fingerprint density at radius 3 is 2.28 bits per heavy atom. The Labute approximate surface area is 109 Å². The lowest BCUT2D eigenvalue weighted by atomic mass is 9.86. The fourth-order valence-electron chi connectivity index (χ4n) is 2.13. The van der Waals surface area contributed by atoms with Crippen molar-refractivity contribution in [1.82, 2.24) is 9.55 Å². The van der Waals surface area contributed by atoms with Crippen LogP contribution in [0.2, 0.25) is 0 Å². The first kappa shape index (κ1) is 12.8. The third-order valence-electron chi connectivity index (χ3n) is 3.23. The SMILES string of the molecule is Cn1cnc(CN)c1-c1ccc(C(C)(C)C)cc1. The lowest BCUT2D eigenvalue weighted by molar-refractivity contribution is 0.590. The summed E-state index contributed by atoms with van der Waals surface area (Å²) in [7, 11) is 2.00. The highest BCUT2D eigenvalue weighted by molar-refractivity contribution is 5.63. The van der Waals surface area contributed by atoms with Crippen molar-refractivity contribution in [1.29, 1.82) is 0 Å². The van der Waals surface area contributed by atoms with Crippen molar-refractivity contribution in [3.05, 3.63) is 41.9 Å². The molecule has 0 aliphatic rings. The van der Waals surface area contributed by atoms with Crippen LogP contribution in [0.3, 0.4) is 0 Å². The molecule has 0 aliphatic heterocycles. The smallest absolute Gasteiger partial charge is 0.0952 e. The minimum absolute atomic E-state index is 0.182. The summed E-state index contributed by atoms with van der Waals surface area (Å²) >= 11 is 0. The van der Waals surface area contributed by atoms with Crippen molar-refractivity contribution in [3.63, 3.8) is 0 Å². The summed E-state index contributed by atoms with van der Waals surface area (Å²) in [5, 5.41) is 0. The third-order valence-corrected chi connectivity index (χ3v) is 3.23. The highest BCUT2D eigenvalue weighted by Gasteiger charge is 2.14. The average Bonchev–Trinajstić information content (AvgIpc) is 2.69. The van der Waals surface area contributed by atoms with Gasteiger partial charge in [-0.25, -0.2) is 4.98 Å². The fourth-order valence-corrected chi connectivity index (χ4v) is 2.13. The summed E-state index contributed by atoms with van der Waals surface area (Å²) in [6.45, 7) is 7.13. The lowest BCUT2D eigenvalue weighted by Crippen LogP contribution is -2.10. The third kappa shape index (κ3) is 2.31. The first-order chi connectivity index (χ1) is 8.43. The van der Waals surface area contributed by atoms with E-state index in [1.165, 1.54) is 11.1 Å². The normalized spacial score (nSPS) is 11.8. The summed E-state index contributed by atoms with van der Waals surface area (Å²) in [6.07, 6.45) is 1.81. The molecular formula is C15H21N3. The van der Waals surface area contributed by atoms with E-state index in [-0.39, 0.29) is 5.41 Å². The molecule has 3 heteroatoms. The summed E-state index contributed by atoms with van der Waals surface area (Å²) in [6, 6.07) is 8.67. The largest absolute Gasteiger partial charge is 0.333 e. The number of imidazole rings is 1. The van der Waals surface area contributed by atoms with Gasteiger partial charge in [-0.15, -0.1) is 0 Å². The molecule has 0 fully saturated rings. The molecule has 0 unspecified atom stereocenters. The van der Waals surface area contributed by atoms with E-state index in [1.807, 2.05) is 17.9 Å². The van der Waals surface area contributed by atoms with Gasteiger partial charge in [-0.2, -0.15) is 0 Å². The molecule has 2 rings (SSSR count). The van der Waals surface area contributed by atoms with E-state index in [0.717, 1.165) is 11.4 Å². The molecule has 18 heavy (non-hydrogen) atoms. The zero-order chi connectivity index (χ0) is 13.3. The number of hydrogen-bond donors (Lipinski definition) is 1. The maximum absolute atomic E-state index is 5.72. The number of rotatable bonds is 2. The van der Waals surface area contributed by atoms with E-state index in [0.29, 0.717) is 6.54 Å². The maximum atomic E-state index is 5.72. The number of aryl methyl sites for hydroxylation is 1. The van der Waals surface area contributed by atoms with Crippen molar-refractivity contribution in [2.24, 2.45) is 12.8 Å². The van der Waals surface area contributed by atoms with E-state index < -0.39 is 0 Å². The van der Waals surface area contributed by atoms with Crippen LogP contribution in [0, 0.1) is 0 Å². The van der Waals surface area contributed by atoms with Crippen molar-refractivity contribution in [2.75, 3.05) is 0 Å². The Balaban J connectivity index is 2.43. The molecule has 1 aromatic carbocycles. The van der Waals surface area contributed by atoms with Crippen LogP contribution in [0.5, 0.6) is 0 Å². The second kappa shape index (κ2) is 4.58. The molecule has 0 radical (unpaired) electrons. The lowest BCUT2D eigenvalue weighted by Gasteiger charge is -2.19. The van der Waals surface area contributed by atoms with Crippen molar-refractivity contribution >= 4 is 0 Å². The van der Waals surface area contributed by atoms with Gasteiger partial charge in [0, 0.05) is 19.2 Å². The van der Waals surface area contributed by atoms with Crippen molar-refractivity contribution in [3.8, 4) is 11.3 Å². The Kier molecular flexibility index (Phi) is 3.26. The number of hydrogen-bond acceptors (Lipinski definition) is 2. The minimum Gasteiger partial charge on any atom is -0.333 e. The Morgan fingerprint density at radius 1 is 1.17 bits per heavy atom. The van der Waals surface area contributed by atoms with Gasteiger partial charge in [0.2, 0.25) is 0 Å². The molecule has 0 bridgehead atoms. The molecule has 0 atom stereocenters. The molecule has 0 saturated heterocycles. The summed E-state index contributed by atoms with van der Waals surface area (Å²) in [5.74, 6) is 0. The van der Waals surface area contributed by atoms with Crippen LogP contribution in [0.1, 0.15) is 32.0 Å². The molecule has 96 valence electrons. The van der Waals surface area contributed by atoms with E-state index in [2.05, 4.69) is 50.0 Å². The first-order valence-corrected chi connectivity index (χ1v) is 6.24. The highest BCUT2D eigenvalue weighted by Crippen LogP contribution is 2.27. The zero-order valence-corrected chi connectivity index (χ0v) is 11.6. The van der Waals surface area contributed by atoms with Gasteiger partial charge in [-0.1, -0.05) is 45.0 Å². The van der Waals surface area contributed by atoms with Crippen LogP contribution >= 0.6 is 0 Å². The van der Waals surface area contributed by atoms with Gasteiger partial charge in [0.1, 0.15) is 0 Å². The second-order valence-electron chi connectivity index (χ2n) is 5.68. The van der Waals surface area contributed by atoms with Crippen LogP contribution in [-0.2, 0) is 19.0 Å². The van der Waals surface area contributed by atoms with Crippen LogP contribution in [-0.4, -0.2) is 9.55 Å². The summed E-state index contributed by atoms with van der Waals surface area (Å²) < 4.78 is 2.02. The van der Waals surface area contributed by atoms with Gasteiger partial charge in [0.25, 0.3) is 0 Å². The van der Waals surface area contributed by atoms with Gasteiger partial charge < -0.3 is 10.3 Å². The quantitative estimate of drug-likeness (QED) is 0.881. The van der Waals surface area contributed by atoms with Crippen LogP contribution in [0.15, 0.2) is 30.6 Å². The van der Waals surface area contributed by atoms with E-state index in [4.69, 9.17) is 5.73 Å². The molecule has 0 amide bonds. The van der Waals surface area contributed by atoms with E-state index in [1.54, 1.807) is 0 Å². The highest BCUT2D eigenvalue weighted by atomic mass is 15.0. The molecular weight excluding hydrogens is 222 g/mol. The number of aromatic nitrogens is 2. The number of benzene rings is 1. The Morgan fingerprint density at radius 2 is 1.78 bits per heavy atom. The average molecular weight is 243 g/mol. The number of nitrogens with zero attached hydrogens (tertiary/aromatic N) is 2. The molecule has 1 aromatic heterocycles. The van der Waals surface area contributed by atoms with Crippen molar-refractivity contribution in [2.45, 2.75) is 32.7 Å². The van der Waals surface area contributed by atoms with Crippen LogP contribution < -0.4 is 5.73 Å². The zero-order valence-electron chi connectivity index (χ0n) is 11.6. The van der Waals surface area contributed by atoms with Gasteiger partial charge in [-0.3, -0.25) is 0 Å². The predicted octanol–water partition coefficient (Wildman–Crippen LogP) is 2.84. The predicted molar refractivity (Wildman–Crippen MR) is 75.2 cm³/mol. The first-order valence-electron chi connectivity index (χ1n) is 6.24. The maximum Gasteiger partial charge on any atom is 0.0952 e. The minimum atomic E-state index is 0.182. The molecule has 0 saturated carbocycles. The monoisotopic (exact) mass is 243 g/mol. The van der Waals surface area contributed by atoms with Gasteiger partial charge in [-0.05, 0) is 11.0 Å². The molecule has 2 aromatic rings. The van der Waals surface area contributed by atoms with Gasteiger partial charge in [0.05, 0.1) is 17.7 Å².